The summed E-state index contributed by atoms with van der Waals surface area (Å²) >= 11 is 0. The van der Waals surface area contributed by atoms with Gasteiger partial charge in [0.25, 0.3) is 0 Å². The van der Waals surface area contributed by atoms with Crippen molar-refractivity contribution >= 4 is 16.5 Å². The summed E-state index contributed by atoms with van der Waals surface area (Å²) in [4.78, 5) is 4.26. The van der Waals surface area contributed by atoms with Gasteiger partial charge in [-0.1, -0.05) is 32.4 Å². The summed E-state index contributed by atoms with van der Waals surface area (Å²) < 4.78 is 0. The van der Waals surface area contributed by atoms with Gasteiger partial charge in [0.2, 0.25) is 0 Å². The summed E-state index contributed by atoms with van der Waals surface area (Å²) in [7, 11) is 0. The molecule has 0 aliphatic heterocycles. The molecule has 1 fully saturated rings. The topological polar surface area (TPSA) is 24.9 Å². The van der Waals surface area contributed by atoms with E-state index >= 15 is 0 Å². The zero-order valence-corrected chi connectivity index (χ0v) is 11.8. The van der Waals surface area contributed by atoms with Crippen molar-refractivity contribution in [2.45, 2.75) is 39.2 Å². The molecule has 0 spiro atoms. The van der Waals surface area contributed by atoms with Crippen LogP contribution in [0.3, 0.4) is 0 Å². The molecule has 2 heteroatoms. The first kappa shape index (κ1) is 12.5. The van der Waals surface area contributed by atoms with Crippen molar-refractivity contribution in [2.75, 3.05) is 5.32 Å². The average Bonchev–Trinajstić information content (AvgIpc) is 2.43. The molecule has 100 valence electrons. The van der Waals surface area contributed by atoms with Crippen LogP contribution in [0.4, 0.5) is 5.69 Å². The Kier molecular flexibility index (Phi) is 3.41. The highest BCUT2D eigenvalue weighted by Crippen LogP contribution is 2.33. The molecular weight excluding hydrogens is 232 g/mol. The minimum Gasteiger partial charge on any atom is -0.381 e. The molecule has 0 saturated heterocycles. The minimum atomic E-state index is 0.583. The van der Waals surface area contributed by atoms with E-state index in [-0.39, 0.29) is 0 Å². The number of nitrogens with one attached hydrogen (secondary N) is 1. The quantitative estimate of drug-likeness (QED) is 0.855. The van der Waals surface area contributed by atoms with E-state index in [9.17, 15) is 0 Å². The van der Waals surface area contributed by atoms with Crippen molar-refractivity contribution < 1.29 is 0 Å². The van der Waals surface area contributed by atoms with Crippen LogP contribution in [-0.2, 0) is 0 Å². The lowest BCUT2D eigenvalue weighted by Crippen LogP contribution is -2.37. The largest absolute Gasteiger partial charge is 0.381 e. The third-order valence-electron chi connectivity index (χ3n) is 4.55. The summed E-state index contributed by atoms with van der Waals surface area (Å²) in [6, 6.07) is 9.12. The van der Waals surface area contributed by atoms with Gasteiger partial charge in [-0.3, -0.25) is 4.98 Å². The van der Waals surface area contributed by atoms with Gasteiger partial charge >= 0.3 is 0 Å². The second-order valence-corrected chi connectivity index (χ2v) is 5.96. The van der Waals surface area contributed by atoms with Crippen molar-refractivity contribution in [3.63, 3.8) is 0 Å². The maximum atomic E-state index is 4.26. The molecule has 0 radical (unpaired) electrons. The molecule has 1 aliphatic carbocycles. The highest BCUT2D eigenvalue weighted by Gasteiger charge is 2.27. The van der Waals surface area contributed by atoms with E-state index in [0.29, 0.717) is 6.04 Å². The third kappa shape index (κ3) is 2.44. The highest BCUT2D eigenvalue weighted by atomic mass is 14.9. The Balaban J connectivity index is 1.92. The Hall–Kier alpha value is -1.57. The molecule has 1 aromatic carbocycles. The Bertz CT molecular complexity index is 549. The Labute approximate surface area is 115 Å². The first-order valence-electron chi connectivity index (χ1n) is 7.35. The Morgan fingerprint density at radius 3 is 2.68 bits per heavy atom. The summed E-state index contributed by atoms with van der Waals surface area (Å²) in [5.74, 6) is 1.49. The number of nitrogens with zero attached hydrogens (tertiary/aromatic N) is 1. The van der Waals surface area contributed by atoms with E-state index < -0.39 is 0 Å². The molecule has 1 aromatic heterocycles. The number of anilines is 1. The monoisotopic (exact) mass is 254 g/mol. The summed E-state index contributed by atoms with van der Waals surface area (Å²) in [5, 5.41) is 6.28. The van der Waals surface area contributed by atoms with Crippen LogP contribution in [0.5, 0.6) is 0 Å². The molecule has 1 saturated carbocycles. The lowest BCUT2D eigenvalue weighted by molar-refractivity contribution is 0.268. The third-order valence-corrected chi connectivity index (χ3v) is 4.55. The predicted octanol–water partition coefficient (Wildman–Crippen LogP) is 4.47. The van der Waals surface area contributed by atoms with Crippen LogP contribution in [0.2, 0.25) is 0 Å². The number of hydrogen-bond acceptors (Lipinski definition) is 2. The van der Waals surface area contributed by atoms with Crippen LogP contribution in [0.15, 0.2) is 36.7 Å². The van der Waals surface area contributed by atoms with Crippen LogP contribution < -0.4 is 5.32 Å². The van der Waals surface area contributed by atoms with Crippen LogP contribution in [0, 0.1) is 11.8 Å². The van der Waals surface area contributed by atoms with Crippen LogP contribution in [0.1, 0.15) is 33.1 Å². The van der Waals surface area contributed by atoms with E-state index in [4.69, 9.17) is 0 Å². The molecule has 2 atom stereocenters. The number of pyridine rings is 1. The van der Waals surface area contributed by atoms with Crippen LogP contribution in [-0.4, -0.2) is 11.0 Å². The number of benzene rings is 1. The smallest absolute Gasteiger partial charge is 0.0437 e. The molecule has 1 N–H and O–H groups in total. The SMILES string of the molecule is CC1CCCC(C)C1Nc1cccc2ccncc12. The fourth-order valence-electron chi connectivity index (χ4n) is 3.39. The molecule has 2 unspecified atom stereocenters. The van der Waals surface area contributed by atoms with Gasteiger partial charge in [-0.15, -0.1) is 0 Å². The van der Waals surface area contributed by atoms with E-state index in [1.807, 2.05) is 12.4 Å². The van der Waals surface area contributed by atoms with Crippen molar-refractivity contribution in [3.8, 4) is 0 Å². The second-order valence-electron chi connectivity index (χ2n) is 5.96. The zero-order chi connectivity index (χ0) is 13.2. The van der Waals surface area contributed by atoms with E-state index in [0.717, 1.165) is 11.8 Å². The van der Waals surface area contributed by atoms with Gasteiger partial charge in [0.05, 0.1) is 0 Å². The predicted molar refractivity (Wildman–Crippen MR) is 81.3 cm³/mol. The van der Waals surface area contributed by atoms with Crippen molar-refractivity contribution in [1.82, 2.24) is 4.98 Å². The van der Waals surface area contributed by atoms with E-state index in [2.05, 4.69) is 48.4 Å². The molecule has 0 bridgehead atoms. The summed E-state index contributed by atoms with van der Waals surface area (Å²) in [5.41, 5.74) is 1.23. The van der Waals surface area contributed by atoms with Crippen LogP contribution >= 0.6 is 0 Å². The maximum absolute atomic E-state index is 4.26. The molecular formula is C17H22N2. The Morgan fingerprint density at radius 2 is 1.89 bits per heavy atom. The first-order chi connectivity index (χ1) is 9.25. The highest BCUT2D eigenvalue weighted by molar-refractivity contribution is 5.93. The summed E-state index contributed by atoms with van der Waals surface area (Å²) in [6.07, 6.45) is 7.88. The molecule has 0 amide bonds. The lowest BCUT2D eigenvalue weighted by atomic mass is 9.78. The Morgan fingerprint density at radius 1 is 1.11 bits per heavy atom. The van der Waals surface area contributed by atoms with Gasteiger partial charge in [0.1, 0.15) is 0 Å². The van der Waals surface area contributed by atoms with Gasteiger partial charge in [0.15, 0.2) is 0 Å². The number of fused-ring (bicyclic) bond motifs is 1. The fourth-order valence-corrected chi connectivity index (χ4v) is 3.39. The van der Waals surface area contributed by atoms with Gasteiger partial charge < -0.3 is 5.32 Å². The minimum absolute atomic E-state index is 0.583. The van der Waals surface area contributed by atoms with Gasteiger partial charge in [-0.25, -0.2) is 0 Å². The van der Waals surface area contributed by atoms with Crippen molar-refractivity contribution in [2.24, 2.45) is 11.8 Å². The fraction of sp³-hybridized carbons (Fsp3) is 0.471. The molecule has 1 heterocycles. The number of rotatable bonds is 2. The molecule has 3 rings (SSSR count). The van der Waals surface area contributed by atoms with E-state index in [1.54, 1.807) is 0 Å². The normalized spacial score (nSPS) is 27.4. The number of hydrogen-bond donors (Lipinski definition) is 1. The van der Waals surface area contributed by atoms with Gasteiger partial charge in [0, 0.05) is 29.5 Å². The standard InChI is InChI=1S/C17H22N2/c1-12-5-3-6-13(2)17(12)19-16-8-4-7-14-9-10-18-11-15(14)16/h4,7-13,17,19H,3,5-6H2,1-2H3. The van der Waals surface area contributed by atoms with Gasteiger partial charge in [-0.2, -0.15) is 0 Å². The summed E-state index contributed by atoms with van der Waals surface area (Å²) in [6.45, 7) is 4.74. The van der Waals surface area contributed by atoms with Crippen molar-refractivity contribution in [1.29, 1.82) is 0 Å². The molecule has 19 heavy (non-hydrogen) atoms. The second kappa shape index (κ2) is 5.20. The zero-order valence-electron chi connectivity index (χ0n) is 11.8. The van der Waals surface area contributed by atoms with Crippen molar-refractivity contribution in [3.05, 3.63) is 36.7 Å². The van der Waals surface area contributed by atoms with E-state index in [1.165, 1.54) is 35.7 Å². The average molecular weight is 254 g/mol. The number of aromatic nitrogens is 1. The van der Waals surface area contributed by atoms with Crippen LogP contribution in [0.25, 0.3) is 10.8 Å². The molecule has 1 aliphatic rings. The lowest BCUT2D eigenvalue weighted by Gasteiger charge is -2.36. The maximum Gasteiger partial charge on any atom is 0.0437 e. The van der Waals surface area contributed by atoms with Gasteiger partial charge in [-0.05, 0) is 42.2 Å². The first-order valence-corrected chi connectivity index (χ1v) is 7.35. The molecule has 2 aromatic rings. The molecule has 2 nitrogen and oxygen atoms in total.